The van der Waals surface area contributed by atoms with E-state index in [1.54, 1.807) is 6.07 Å². The van der Waals surface area contributed by atoms with E-state index in [1.165, 1.54) is 5.56 Å². The SMILES string of the molecule is CCc1cc2n(c1)Cc1cc(Cl)ccc1NC2=O. The molecule has 0 bridgehead atoms. The molecule has 4 heteroatoms. The lowest BCUT2D eigenvalue weighted by molar-refractivity contribution is 0.102. The number of carbonyl (C=O) groups is 1. The molecule has 0 unspecified atom stereocenters. The van der Waals surface area contributed by atoms with Crippen molar-refractivity contribution in [1.29, 1.82) is 0 Å². The zero-order chi connectivity index (χ0) is 12.7. The van der Waals surface area contributed by atoms with Crippen LogP contribution in [0.5, 0.6) is 0 Å². The highest BCUT2D eigenvalue weighted by molar-refractivity contribution is 6.30. The molecular formula is C14H13ClN2O. The smallest absolute Gasteiger partial charge is 0.272 e. The average molecular weight is 261 g/mol. The molecule has 1 aromatic carbocycles. The van der Waals surface area contributed by atoms with Crippen LogP contribution in [0.2, 0.25) is 5.02 Å². The van der Waals surface area contributed by atoms with Crippen molar-refractivity contribution in [2.45, 2.75) is 19.9 Å². The number of halogens is 1. The standard InChI is InChI=1S/C14H13ClN2O/c1-2-9-5-13-14(18)16-12-4-3-11(15)6-10(12)8-17(13)7-9/h3-7H,2,8H2,1H3,(H,16,18). The van der Waals surface area contributed by atoms with E-state index in [9.17, 15) is 4.79 Å². The number of anilines is 1. The summed E-state index contributed by atoms with van der Waals surface area (Å²) in [5.41, 5.74) is 3.75. The summed E-state index contributed by atoms with van der Waals surface area (Å²) >= 11 is 6.00. The second-order valence-corrected chi connectivity index (χ2v) is 4.91. The molecule has 0 fully saturated rings. The second-order valence-electron chi connectivity index (χ2n) is 4.47. The molecule has 0 radical (unpaired) electrons. The topological polar surface area (TPSA) is 34.0 Å². The number of fused-ring (bicyclic) bond motifs is 2. The summed E-state index contributed by atoms with van der Waals surface area (Å²) in [6, 6.07) is 7.49. The highest BCUT2D eigenvalue weighted by atomic mass is 35.5. The van der Waals surface area contributed by atoms with Crippen LogP contribution >= 0.6 is 11.6 Å². The molecule has 1 aliphatic heterocycles. The molecule has 0 spiro atoms. The third-order valence-corrected chi connectivity index (χ3v) is 3.49. The molecule has 0 saturated heterocycles. The van der Waals surface area contributed by atoms with Gasteiger partial charge in [-0.05, 0) is 41.8 Å². The van der Waals surface area contributed by atoms with Crippen LogP contribution in [0.4, 0.5) is 5.69 Å². The molecule has 3 rings (SSSR count). The van der Waals surface area contributed by atoms with Crippen molar-refractivity contribution in [3.63, 3.8) is 0 Å². The maximum absolute atomic E-state index is 12.1. The molecule has 1 amide bonds. The minimum absolute atomic E-state index is 0.0595. The summed E-state index contributed by atoms with van der Waals surface area (Å²) < 4.78 is 1.98. The highest BCUT2D eigenvalue weighted by Gasteiger charge is 2.19. The van der Waals surface area contributed by atoms with Crippen molar-refractivity contribution in [1.82, 2.24) is 4.57 Å². The van der Waals surface area contributed by atoms with Crippen molar-refractivity contribution in [3.05, 3.63) is 52.3 Å². The largest absolute Gasteiger partial charge is 0.339 e. The van der Waals surface area contributed by atoms with Crippen LogP contribution in [0.15, 0.2) is 30.5 Å². The number of hydrogen-bond acceptors (Lipinski definition) is 1. The lowest BCUT2D eigenvalue weighted by Gasteiger charge is -2.06. The number of nitrogens with one attached hydrogen (secondary N) is 1. The maximum Gasteiger partial charge on any atom is 0.272 e. The van der Waals surface area contributed by atoms with Crippen LogP contribution in [-0.4, -0.2) is 10.5 Å². The number of benzene rings is 1. The molecule has 3 nitrogen and oxygen atoms in total. The molecule has 0 saturated carbocycles. The van der Waals surface area contributed by atoms with E-state index in [1.807, 2.05) is 29.0 Å². The van der Waals surface area contributed by atoms with Gasteiger partial charge in [0.2, 0.25) is 0 Å². The van der Waals surface area contributed by atoms with Gasteiger partial charge in [0.25, 0.3) is 5.91 Å². The zero-order valence-corrected chi connectivity index (χ0v) is 10.8. The summed E-state index contributed by atoms with van der Waals surface area (Å²) in [5, 5.41) is 3.61. The predicted molar refractivity (Wildman–Crippen MR) is 72.3 cm³/mol. The fourth-order valence-electron chi connectivity index (χ4n) is 2.27. The van der Waals surface area contributed by atoms with Gasteiger partial charge in [-0.25, -0.2) is 0 Å². The van der Waals surface area contributed by atoms with E-state index >= 15 is 0 Å². The predicted octanol–water partition coefficient (Wildman–Crippen LogP) is 3.32. The van der Waals surface area contributed by atoms with Crippen LogP contribution in [0.1, 0.15) is 28.5 Å². The molecule has 0 atom stereocenters. The monoisotopic (exact) mass is 260 g/mol. The Morgan fingerprint density at radius 3 is 3.00 bits per heavy atom. The third kappa shape index (κ3) is 1.81. The fraction of sp³-hybridized carbons (Fsp3) is 0.214. The first-order valence-corrected chi connectivity index (χ1v) is 6.34. The second kappa shape index (κ2) is 4.18. The number of carbonyl (C=O) groups excluding carboxylic acids is 1. The Kier molecular flexibility index (Phi) is 2.63. The van der Waals surface area contributed by atoms with Gasteiger partial charge >= 0.3 is 0 Å². The first-order valence-electron chi connectivity index (χ1n) is 5.96. The first-order chi connectivity index (χ1) is 8.67. The third-order valence-electron chi connectivity index (χ3n) is 3.25. The normalized spacial score (nSPS) is 13.6. The average Bonchev–Trinajstić information content (AvgIpc) is 2.71. The summed E-state index contributed by atoms with van der Waals surface area (Å²) in [6.07, 6.45) is 2.96. The van der Waals surface area contributed by atoms with Gasteiger partial charge in [-0.15, -0.1) is 0 Å². The lowest BCUT2D eigenvalue weighted by Crippen LogP contribution is -2.12. The van der Waals surface area contributed by atoms with E-state index < -0.39 is 0 Å². The van der Waals surface area contributed by atoms with Crippen LogP contribution in [-0.2, 0) is 13.0 Å². The molecule has 0 aliphatic carbocycles. The number of amides is 1. The molecule has 1 aromatic heterocycles. The van der Waals surface area contributed by atoms with E-state index in [0.717, 1.165) is 17.7 Å². The molecular weight excluding hydrogens is 248 g/mol. The van der Waals surface area contributed by atoms with Crippen LogP contribution in [0, 0.1) is 0 Å². The molecule has 18 heavy (non-hydrogen) atoms. The Morgan fingerprint density at radius 1 is 1.39 bits per heavy atom. The van der Waals surface area contributed by atoms with Crippen LogP contribution < -0.4 is 5.32 Å². The van der Waals surface area contributed by atoms with Gasteiger partial charge in [0.1, 0.15) is 5.69 Å². The summed E-state index contributed by atoms with van der Waals surface area (Å²) in [7, 11) is 0. The van der Waals surface area contributed by atoms with Gasteiger partial charge in [-0.3, -0.25) is 4.79 Å². The Hall–Kier alpha value is -1.74. The molecule has 1 aliphatic rings. The summed E-state index contributed by atoms with van der Waals surface area (Å²) in [4.78, 5) is 12.1. The highest BCUT2D eigenvalue weighted by Crippen LogP contribution is 2.26. The van der Waals surface area contributed by atoms with Gasteiger partial charge < -0.3 is 9.88 Å². The lowest BCUT2D eigenvalue weighted by atomic mass is 10.2. The van der Waals surface area contributed by atoms with Crippen molar-refractivity contribution >= 4 is 23.2 Å². The van der Waals surface area contributed by atoms with E-state index in [4.69, 9.17) is 11.6 Å². The number of aryl methyl sites for hydroxylation is 1. The Morgan fingerprint density at radius 2 is 2.22 bits per heavy atom. The van der Waals surface area contributed by atoms with Crippen molar-refractivity contribution < 1.29 is 4.79 Å². The number of hydrogen-bond donors (Lipinski definition) is 1. The first kappa shape index (κ1) is 11.4. The fourth-order valence-corrected chi connectivity index (χ4v) is 2.47. The van der Waals surface area contributed by atoms with Gasteiger partial charge in [-0.2, -0.15) is 0 Å². The van der Waals surface area contributed by atoms with Crippen molar-refractivity contribution in [3.8, 4) is 0 Å². The Balaban J connectivity index is 2.12. The molecule has 92 valence electrons. The van der Waals surface area contributed by atoms with Gasteiger partial charge in [0, 0.05) is 23.5 Å². The Labute approximate surface area is 110 Å². The van der Waals surface area contributed by atoms with Gasteiger partial charge in [-0.1, -0.05) is 18.5 Å². The van der Waals surface area contributed by atoms with E-state index in [0.29, 0.717) is 17.3 Å². The molecule has 2 aromatic rings. The minimum Gasteiger partial charge on any atom is -0.339 e. The summed E-state index contributed by atoms with van der Waals surface area (Å²) in [5.74, 6) is -0.0595. The van der Waals surface area contributed by atoms with Crippen molar-refractivity contribution in [2.24, 2.45) is 0 Å². The van der Waals surface area contributed by atoms with Crippen LogP contribution in [0.25, 0.3) is 0 Å². The minimum atomic E-state index is -0.0595. The van der Waals surface area contributed by atoms with E-state index in [-0.39, 0.29) is 5.91 Å². The van der Waals surface area contributed by atoms with Gasteiger partial charge in [0.15, 0.2) is 0 Å². The zero-order valence-electron chi connectivity index (χ0n) is 10.0. The van der Waals surface area contributed by atoms with Crippen molar-refractivity contribution in [2.75, 3.05) is 5.32 Å². The summed E-state index contributed by atoms with van der Waals surface area (Å²) in [6.45, 7) is 2.75. The Bertz CT molecular complexity index is 631. The number of nitrogens with zero attached hydrogens (tertiary/aromatic N) is 1. The van der Waals surface area contributed by atoms with Gasteiger partial charge in [0.05, 0.1) is 0 Å². The molecule has 1 N–H and O–H groups in total. The van der Waals surface area contributed by atoms with E-state index in [2.05, 4.69) is 12.2 Å². The van der Waals surface area contributed by atoms with Crippen LogP contribution in [0.3, 0.4) is 0 Å². The molecule has 2 heterocycles. The number of rotatable bonds is 1. The number of aromatic nitrogens is 1. The maximum atomic E-state index is 12.1. The quantitative estimate of drug-likeness (QED) is 0.839.